The molecule has 0 atom stereocenters. The zero-order valence-corrected chi connectivity index (χ0v) is 10.6. The Labute approximate surface area is 109 Å². The van der Waals surface area contributed by atoms with Gasteiger partial charge in [-0.05, 0) is 24.1 Å². The highest BCUT2D eigenvalue weighted by atomic mass is 19.1. The number of esters is 1. The molecule has 0 aliphatic carbocycles. The number of hydrogen-bond donors (Lipinski definition) is 1. The molecule has 1 aromatic rings. The molecular formula is C13H16F2O4. The van der Waals surface area contributed by atoms with Gasteiger partial charge in [0.05, 0.1) is 13.2 Å². The van der Waals surface area contributed by atoms with Crippen molar-refractivity contribution >= 4 is 5.97 Å². The number of rotatable bonds is 7. The molecule has 0 bridgehead atoms. The largest absolute Gasteiger partial charge is 0.476 e. The second-order valence-corrected chi connectivity index (χ2v) is 3.91. The summed E-state index contributed by atoms with van der Waals surface area (Å²) in [7, 11) is 0. The number of unbranched alkanes of at least 4 members (excludes halogenated alkanes) is 1. The summed E-state index contributed by atoms with van der Waals surface area (Å²) in [6.45, 7) is 1.16. The molecule has 0 saturated carbocycles. The van der Waals surface area contributed by atoms with E-state index in [-0.39, 0.29) is 12.2 Å². The van der Waals surface area contributed by atoms with E-state index in [0.29, 0.717) is 0 Å². The molecule has 6 heteroatoms. The Hall–Kier alpha value is -1.69. The maximum atomic E-state index is 13.4. The fourth-order valence-corrected chi connectivity index (χ4v) is 1.34. The first kappa shape index (κ1) is 15.4. The van der Waals surface area contributed by atoms with E-state index in [0.717, 1.165) is 25.0 Å². The molecule has 19 heavy (non-hydrogen) atoms. The summed E-state index contributed by atoms with van der Waals surface area (Å²) >= 11 is 0. The third kappa shape index (κ3) is 4.82. The quantitative estimate of drug-likeness (QED) is 0.611. The van der Waals surface area contributed by atoms with E-state index in [2.05, 4.69) is 0 Å². The van der Waals surface area contributed by atoms with Gasteiger partial charge in [0.2, 0.25) is 0 Å². The van der Waals surface area contributed by atoms with Gasteiger partial charge in [-0.1, -0.05) is 13.3 Å². The fourth-order valence-electron chi connectivity index (χ4n) is 1.34. The van der Waals surface area contributed by atoms with Crippen LogP contribution in [0, 0.1) is 11.6 Å². The van der Waals surface area contributed by atoms with E-state index >= 15 is 0 Å². The highest BCUT2D eigenvalue weighted by molar-refractivity contribution is 5.71. The first-order valence-corrected chi connectivity index (χ1v) is 5.95. The monoisotopic (exact) mass is 274 g/mol. The molecule has 0 radical (unpaired) electrons. The number of halogens is 2. The van der Waals surface area contributed by atoms with Gasteiger partial charge in [-0.25, -0.2) is 13.6 Å². The van der Waals surface area contributed by atoms with Crippen molar-refractivity contribution in [1.82, 2.24) is 0 Å². The number of hydrogen-bond acceptors (Lipinski definition) is 4. The summed E-state index contributed by atoms with van der Waals surface area (Å²) in [6, 6.07) is 1.89. The Morgan fingerprint density at radius 3 is 2.47 bits per heavy atom. The second-order valence-electron chi connectivity index (χ2n) is 3.91. The van der Waals surface area contributed by atoms with Crippen LogP contribution in [0.25, 0.3) is 0 Å². The molecule has 0 unspecified atom stereocenters. The van der Waals surface area contributed by atoms with E-state index < -0.39 is 36.6 Å². The van der Waals surface area contributed by atoms with Crippen LogP contribution in [-0.4, -0.2) is 24.3 Å². The van der Waals surface area contributed by atoms with Crippen LogP contribution in [0.15, 0.2) is 12.1 Å². The average Bonchev–Trinajstić information content (AvgIpc) is 2.37. The number of aliphatic hydroxyl groups excluding tert-OH is 1. The first-order chi connectivity index (χ1) is 9.08. The van der Waals surface area contributed by atoms with Gasteiger partial charge >= 0.3 is 5.97 Å². The summed E-state index contributed by atoms with van der Waals surface area (Å²) in [5.41, 5.74) is 0.0906. The van der Waals surface area contributed by atoms with Crippen LogP contribution >= 0.6 is 0 Å². The Balaban J connectivity index is 2.55. The van der Waals surface area contributed by atoms with Crippen molar-refractivity contribution in [1.29, 1.82) is 0 Å². The lowest BCUT2D eigenvalue weighted by Gasteiger charge is -2.09. The highest BCUT2D eigenvalue weighted by Gasteiger charge is 2.14. The molecule has 1 aromatic carbocycles. The summed E-state index contributed by atoms with van der Waals surface area (Å²) in [4.78, 5) is 11.2. The number of benzene rings is 1. The number of aliphatic hydroxyl groups is 1. The fraction of sp³-hybridized carbons (Fsp3) is 0.462. The standard InChI is InChI=1S/C13H16F2O4/c1-2-3-4-18-12(17)8-19-13-10(14)5-9(7-16)6-11(13)15/h5-6,16H,2-4,7-8H2,1H3. The van der Waals surface area contributed by atoms with Crippen LogP contribution in [0.2, 0.25) is 0 Å². The third-order valence-electron chi connectivity index (χ3n) is 2.34. The van der Waals surface area contributed by atoms with E-state index in [4.69, 9.17) is 14.6 Å². The van der Waals surface area contributed by atoms with E-state index in [9.17, 15) is 13.6 Å². The van der Waals surface area contributed by atoms with Gasteiger partial charge in [0.1, 0.15) is 0 Å². The molecule has 0 heterocycles. The van der Waals surface area contributed by atoms with Crippen LogP contribution in [0.5, 0.6) is 5.75 Å². The number of carbonyl (C=O) groups excluding carboxylic acids is 1. The van der Waals surface area contributed by atoms with Crippen LogP contribution < -0.4 is 4.74 Å². The Bertz CT molecular complexity index is 412. The van der Waals surface area contributed by atoms with Gasteiger partial charge < -0.3 is 14.6 Å². The lowest BCUT2D eigenvalue weighted by molar-refractivity contribution is -0.146. The average molecular weight is 274 g/mol. The molecule has 4 nitrogen and oxygen atoms in total. The minimum absolute atomic E-state index is 0.0906. The van der Waals surface area contributed by atoms with E-state index in [1.807, 2.05) is 6.92 Å². The molecule has 0 amide bonds. The summed E-state index contributed by atoms with van der Waals surface area (Å²) in [5.74, 6) is -3.26. The predicted molar refractivity (Wildman–Crippen MR) is 63.6 cm³/mol. The van der Waals surface area contributed by atoms with Crippen molar-refractivity contribution in [2.75, 3.05) is 13.2 Å². The van der Waals surface area contributed by atoms with Crippen LogP contribution in [0.4, 0.5) is 8.78 Å². The van der Waals surface area contributed by atoms with Crippen molar-refractivity contribution in [2.45, 2.75) is 26.4 Å². The molecule has 0 aliphatic heterocycles. The van der Waals surface area contributed by atoms with Crippen LogP contribution in [0.1, 0.15) is 25.3 Å². The Kier molecular flexibility index (Phi) is 6.21. The third-order valence-corrected chi connectivity index (χ3v) is 2.34. The SMILES string of the molecule is CCCCOC(=O)COc1c(F)cc(CO)cc1F. The Morgan fingerprint density at radius 2 is 1.95 bits per heavy atom. The van der Waals surface area contributed by atoms with Crippen molar-refractivity contribution in [3.05, 3.63) is 29.3 Å². The van der Waals surface area contributed by atoms with Crippen LogP contribution in [-0.2, 0) is 16.1 Å². The molecular weight excluding hydrogens is 258 g/mol. The van der Waals surface area contributed by atoms with Crippen molar-refractivity contribution in [2.24, 2.45) is 0 Å². The molecule has 0 aliphatic rings. The Morgan fingerprint density at radius 1 is 1.32 bits per heavy atom. The van der Waals surface area contributed by atoms with Gasteiger partial charge in [0.15, 0.2) is 24.0 Å². The highest BCUT2D eigenvalue weighted by Crippen LogP contribution is 2.23. The van der Waals surface area contributed by atoms with Crippen LogP contribution in [0.3, 0.4) is 0 Å². The number of carbonyl (C=O) groups is 1. The van der Waals surface area contributed by atoms with Crippen molar-refractivity contribution in [3.8, 4) is 5.75 Å². The molecule has 0 aromatic heterocycles. The zero-order valence-electron chi connectivity index (χ0n) is 10.6. The first-order valence-electron chi connectivity index (χ1n) is 5.95. The minimum atomic E-state index is -0.967. The van der Waals surface area contributed by atoms with Gasteiger partial charge in [0.25, 0.3) is 0 Å². The van der Waals surface area contributed by atoms with Gasteiger partial charge in [-0.2, -0.15) is 0 Å². The smallest absolute Gasteiger partial charge is 0.344 e. The molecule has 0 saturated heterocycles. The second kappa shape index (κ2) is 7.68. The van der Waals surface area contributed by atoms with Crippen molar-refractivity contribution in [3.63, 3.8) is 0 Å². The predicted octanol–water partition coefficient (Wildman–Crippen LogP) is 2.18. The maximum Gasteiger partial charge on any atom is 0.344 e. The summed E-state index contributed by atoms with van der Waals surface area (Å²) in [5, 5.41) is 8.77. The van der Waals surface area contributed by atoms with E-state index in [1.54, 1.807) is 0 Å². The topological polar surface area (TPSA) is 55.8 Å². The van der Waals surface area contributed by atoms with Gasteiger partial charge in [0, 0.05) is 0 Å². The summed E-state index contributed by atoms with van der Waals surface area (Å²) < 4.78 is 36.4. The molecule has 1 N–H and O–H groups in total. The van der Waals surface area contributed by atoms with Gasteiger partial charge in [-0.3, -0.25) is 0 Å². The molecule has 0 fully saturated rings. The summed E-state index contributed by atoms with van der Waals surface area (Å²) in [6.07, 6.45) is 1.60. The minimum Gasteiger partial charge on any atom is -0.476 e. The zero-order chi connectivity index (χ0) is 14.3. The van der Waals surface area contributed by atoms with Gasteiger partial charge in [-0.15, -0.1) is 0 Å². The van der Waals surface area contributed by atoms with E-state index in [1.165, 1.54) is 0 Å². The lowest BCUT2D eigenvalue weighted by Crippen LogP contribution is -2.16. The lowest BCUT2D eigenvalue weighted by atomic mass is 10.2. The van der Waals surface area contributed by atoms with Crippen molar-refractivity contribution < 1.29 is 28.2 Å². The number of ether oxygens (including phenoxy) is 2. The molecule has 0 spiro atoms. The maximum absolute atomic E-state index is 13.4. The molecule has 1 rings (SSSR count). The molecule has 106 valence electrons. The normalized spacial score (nSPS) is 10.3.